The van der Waals surface area contributed by atoms with E-state index in [1.165, 1.54) is 25.6 Å². The normalized spacial score (nSPS) is 24.0. The topological polar surface area (TPSA) is 239 Å². The molecule has 10 N–H and O–H groups in total. The molecule has 0 bridgehead atoms. The van der Waals surface area contributed by atoms with E-state index in [-0.39, 0.29) is 17.2 Å². The molecule has 3 aliphatic rings. The minimum atomic E-state index is -1.75. The summed E-state index contributed by atoms with van der Waals surface area (Å²) < 4.78 is 1.86. The molecule has 0 spiro atoms. The molecule has 17 heteroatoms. The standard InChI is InChI=1S/C33H44N8O7S2/c1-5-6-12-24(36)49-18-20(2)25(39-48-33(3,4)32(46)47)28(42)38-26-29(43)41-27(31(44)45)21(19-50-30(26)41)10-9-16-40-15-8-7-11-22(35)23(17-40)37-14-13-34/h7-12,15,17-18,26,30,35,37H,5-6,13-14,16,19,34,36H2,1-4H3,(H3,38,42,44,45,46,47)/p+1/b10-9+,11-7+,15-8+,20-18+,23-17?,24-12+,39-25-/t26-,30?/m1/s1. The molecule has 50 heavy (non-hydrogen) atoms. The Morgan fingerprint density at radius 3 is 2.68 bits per heavy atom. The van der Waals surface area contributed by atoms with Crippen molar-refractivity contribution in [2.45, 2.75) is 57.6 Å². The first-order valence-electron chi connectivity index (χ1n) is 15.8. The van der Waals surface area contributed by atoms with Crippen molar-refractivity contribution in [3.63, 3.8) is 0 Å². The number of aliphatic carboxylic acids is 2. The number of nitrogens with one attached hydrogen (secondary N) is 2. The van der Waals surface area contributed by atoms with Crippen molar-refractivity contribution in [3.05, 3.63) is 81.3 Å². The third-order valence-electron chi connectivity index (χ3n) is 7.33. The molecule has 3 aliphatic heterocycles. The maximum absolute atomic E-state index is 13.5. The molecule has 1 unspecified atom stereocenters. The number of β-lactam (4-membered cyclic amide) rings is 1. The number of nitrogens with zero attached hydrogens (tertiary/aromatic N) is 3. The number of allylic oxidation sites excluding steroid dienone is 6. The third kappa shape index (κ3) is 10.4. The molecular weight excluding hydrogens is 685 g/mol. The molecule has 0 radical (unpaired) electrons. The first-order valence-corrected chi connectivity index (χ1v) is 17.7. The fourth-order valence-corrected chi connectivity index (χ4v) is 6.45. The Bertz CT molecular complexity index is 1640. The number of fused-ring (bicyclic) bond motifs is 1. The zero-order valence-corrected chi connectivity index (χ0v) is 30.1. The lowest BCUT2D eigenvalue weighted by molar-refractivity contribution is -0.439. The van der Waals surface area contributed by atoms with Crippen molar-refractivity contribution in [2.75, 3.05) is 25.4 Å². The van der Waals surface area contributed by atoms with E-state index < -0.39 is 40.8 Å². The van der Waals surface area contributed by atoms with Crippen molar-refractivity contribution in [3.8, 4) is 0 Å². The average molecular weight is 730 g/mol. The van der Waals surface area contributed by atoms with Crippen LogP contribution < -0.4 is 27.8 Å². The van der Waals surface area contributed by atoms with E-state index in [0.717, 1.165) is 29.5 Å². The lowest BCUT2D eigenvalue weighted by Gasteiger charge is -2.49. The predicted octanol–water partition coefficient (Wildman–Crippen LogP) is 1.64. The lowest BCUT2D eigenvalue weighted by Crippen LogP contribution is -2.71. The minimum Gasteiger partial charge on any atom is -0.478 e. The number of rotatable bonds is 17. The van der Waals surface area contributed by atoms with Gasteiger partial charge >= 0.3 is 11.9 Å². The Balaban J connectivity index is 1.81. The van der Waals surface area contributed by atoms with E-state index in [2.05, 4.69) is 15.8 Å². The molecule has 3 rings (SSSR count). The van der Waals surface area contributed by atoms with Crippen molar-refractivity contribution >= 4 is 59.2 Å². The van der Waals surface area contributed by atoms with Crippen LogP contribution in [0.15, 0.2) is 86.5 Å². The van der Waals surface area contributed by atoms with Gasteiger partial charge in [-0.25, -0.2) is 9.59 Å². The molecule has 2 atom stereocenters. The van der Waals surface area contributed by atoms with Gasteiger partial charge in [0.2, 0.25) is 5.60 Å². The van der Waals surface area contributed by atoms with Crippen LogP contribution in [-0.4, -0.2) is 97.8 Å². The fourth-order valence-electron chi connectivity index (χ4n) is 4.50. The molecular formula is C33H45N8O7S2+. The highest BCUT2D eigenvalue weighted by atomic mass is 32.2. The molecule has 15 nitrogen and oxygen atoms in total. The minimum absolute atomic E-state index is 0.174. The van der Waals surface area contributed by atoms with Crippen LogP contribution in [0.25, 0.3) is 0 Å². The van der Waals surface area contributed by atoms with Gasteiger partial charge in [-0.15, -0.1) is 11.8 Å². The Morgan fingerprint density at radius 2 is 2.02 bits per heavy atom. The molecule has 0 saturated carbocycles. The van der Waals surface area contributed by atoms with Crippen molar-refractivity contribution in [1.82, 2.24) is 15.5 Å². The summed E-state index contributed by atoms with van der Waals surface area (Å²) in [7, 11) is 0. The summed E-state index contributed by atoms with van der Waals surface area (Å²) >= 11 is 2.45. The number of hydrogen-bond donors (Lipinski definition) is 7. The Kier molecular flexibility index (Phi) is 14.5. The third-order valence-corrected chi connectivity index (χ3v) is 9.54. The number of amides is 2. The molecule has 3 heterocycles. The molecule has 0 aromatic rings. The number of oxime groups is 1. The first kappa shape index (κ1) is 39.7. The Morgan fingerprint density at radius 1 is 1.28 bits per heavy atom. The number of nitrogens with two attached hydrogens (primary N) is 3. The van der Waals surface area contributed by atoms with Crippen LogP contribution in [0.3, 0.4) is 0 Å². The number of carbonyl (C=O) groups excluding carboxylic acids is 2. The maximum Gasteiger partial charge on any atom is 0.352 e. The molecule has 1 saturated heterocycles. The number of hydrogen-bond acceptors (Lipinski definition) is 12. The van der Waals surface area contributed by atoms with E-state index in [9.17, 15) is 29.4 Å². The van der Waals surface area contributed by atoms with Gasteiger partial charge in [0.1, 0.15) is 22.8 Å². The highest BCUT2D eigenvalue weighted by Gasteiger charge is 2.54. The summed E-state index contributed by atoms with van der Waals surface area (Å²) in [5, 5.41) is 30.6. The van der Waals surface area contributed by atoms with Gasteiger partial charge in [-0.3, -0.25) is 14.5 Å². The van der Waals surface area contributed by atoms with Gasteiger partial charge in [-0.05, 0) is 55.9 Å². The summed E-state index contributed by atoms with van der Waals surface area (Å²) in [4.78, 5) is 57.3. The van der Waals surface area contributed by atoms with Crippen LogP contribution in [0, 0.1) is 0 Å². The van der Waals surface area contributed by atoms with Crippen molar-refractivity contribution in [2.24, 2.45) is 22.4 Å². The smallest absolute Gasteiger partial charge is 0.352 e. The van der Waals surface area contributed by atoms with Crippen LogP contribution in [-0.2, 0) is 24.0 Å². The maximum atomic E-state index is 13.5. The zero-order valence-electron chi connectivity index (χ0n) is 28.4. The second kappa shape index (κ2) is 18.3. The van der Waals surface area contributed by atoms with Crippen LogP contribution in [0.5, 0.6) is 0 Å². The van der Waals surface area contributed by atoms with Crippen LogP contribution in [0.4, 0.5) is 0 Å². The largest absolute Gasteiger partial charge is 0.478 e. The molecule has 0 aliphatic carbocycles. The number of unbranched alkanes of at least 4 members (excludes halogenated alkanes) is 1. The van der Waals surface area contributed by atoms with Gasteiger partial charge in [0.15, 0.2) is 24.7 Å². The zero-order chi connectivity index (χ0) is 37.0. The van der Waals surface area contributed by atoms with E-state index in [1.807, 2.05) is 36.1 Å². The average Bonchev–Trinajstić information content (AvgIpc) is 3.07. The number of carboxylic acid groups (broad SMARTS) is 2. The van der Waals surface area contributed by atoms with Gasteiger partial charge < -0.3 is 42.9 Å². The predicted molar refractivity (Wildman–Crippen MR) is 195 cm³/mol. The van der Waals surface area contributed by atoms with E-state index >= 15 is 0 Å². The molecule has 0 aromatic heterocycles. The summed E-state index contributed by atoms with van der Waals surface area (Å²) in [5.41, 5.74) is 17.6. The summed E-state index contributed by atoms with van der Waals surface area (Å²) in [6, 6.07) is -1.06. The first-order chi connectivity index (χ1) is 23.7. The molecule has 270 valence electrons. The number of carbonyl (C=O) groups is 4. The number of carboxylic acids is 2. The Labute approximate surface area is 299 Å². The lowest BCUT2D eigenvalue weighted by atomic mass is 10.0. The van der Waals surface area contributed by atoms with E-state index in [4.69, 9.17) is 22.0 Å². The second-order valence-electron chi connectivity index (χ2n) is 11.7. The van der Waals surface area contributed by atoms with Crippen LogP contribution in [0.1, 0.15) is 40.5 Å². The SMILES string of the molecule is CCC/C=C(\N)S/C=C(C)/C(=N/OC(C)(C)C(=O)O)C(=O)N[C@@H]1C(=O)N2C(C(=O)O)=C(/C=C/C[N+]3=C/C(NCCN)=C(N)\C=C\C=C\3)CSC12. The van der Waals surface area contributed by atoms with Crippen molar-refractivity contribution < 1.29 is 38.8 Å². The highest BCUT2D eigenvalue weighted by molar-refractivity contribution is 8.05. The summed E-state index contributed by atoms with van der Waals surface area (Å²) in [6.07, 6.45) is 16.0. The molecule has 2 amide bonds. The molecule has 1 fully saturated rings. The highest BCUT2D eigenvalue weighted by Crippen LogP contribution is 2.40. The summed E-state index contributed by atoms with van der Waals surface area (Å²) in [6.45, 7) is 7.45. The Hall–Kier alpha value is -4.74. The van der Waals surface area contributed by atoms with Crippen molar-refractivity contribution in [1.29, 1.82) is 0 Å². The van der Waals surface area contributed by atoms with E-state index in [0.29, 0.717) is 47.2 Å². The van der Waals surface area contributed by atoms with Gasteiger partial charge in [0.05, 0.1) is 10.7 Å². The van der Waals surface area contributed by atoms with Gasteiger partial charge in [-0.2, -0.15) is 4.58 Å². The van der Waals surface area contributed by atoms with E-state index in [1.54, 1.807) is 36.6 Å². The fraction of sp³-hybridized carbons (Fsp3) is 0.394. The van der Waals surface area contributed by atoms with Crippen LogP contribution >= 0.6 is 23.5 Å². The van der Waals surface area contributed by atoms with Gasteiger partial charge in [0.25, 0.3) is 11.8 Å². The second-order valence-corrected chi connectivity index (χ2v) is 13.8. The van der Waals surface area contributed by atoms with Gasteiger partial charge in [-0.1, -0.05) is 48.5 Å². The summed E-state index contributed by atoms with van der Waals surface area (Å²) in [5.74, 6) is -3.74. The monoisotopic (exact) mass is 729 g/mol. The molecule has 0 aromatic carbocycles. The quantitative estimate of drug-likeness (QED) is 0.0489. The number of thioether (sulfide) groups is 2. The van der Waals surface area contributed by atoms with Gasteiger partial charge in [0, 0.05) is 24.9 Å². The van der Waals surface area contributed by atoms with Crippen LogP contribution in [0.2, 0.25) is 0 Å².